The SMILES string of the molecule is O=C(OO)C(O)C(O)C(=O)OO.[AlH3]. The van der Waals surface area contributed by atoms with Gasteiger partial charge in [0.1, 0.15) is 0 Å². The molecule has 2 atom stereocenters. The van der Waals surface area contributed by atoms with Crippen molar-refractivity contribution in [2.45, 2.75) is 12.2 Å². The molecule has 0 amide bonds. The average molecular weight is 212 g/mol. The molecule has 0 aromatic rings. The van der Waals surface area contributed by atoms with Crippen molar-refractivity contribution in [1.29, 1.82) is 0 Å². The molecule has 0 aliphatic carbocycles. The fourth-order valence-corrected chi connectivity index (χ4v) is 0.366. The zero-order valence-electron chi connectivity index (χ0n) is 5.58. The largest absolute Gasteiger partial charge is 0.378 e. The van der Waals surface area contributed by atoms with Crippen LogP contribution in [0.3, 0.4) is 0 Å². The molecule has 0 aromatic heterocycles. The first-order valence-corrected chi connectivity index (χ1v) is 2.61. The summed E-state index contributed by atoms with van der Waals surface area (Å²) in [5.41, 5.74) is 0. The second-order valence-corrected chi connectivity index (χ2v) is 1.71. The van der Waals surface area contributed by atoms with E-state index >= 15 is 0 Å². The Hall–Kier alpha value is -0.688. The second kappa shape index (κ2) is 6.79. The minimum Gasteiger partial charge on any atom is -0.378 e. The van der Waals surface area contributed by atoms with Crippen LogP contribution in [0.1, 0.15) is 0 Å². The maximum atomic E-state index is 10.2. The van der Waals surface area contributed by atoms with E-state index in [4.69, 9.17) is 20.7 Å². The Morgan fingerprint density at radius 3 is 1.31 bits per heavy atom. The van der Waals surface area contributed by atoms with Gasteiger partial charge in [0.15, 0.2) is 29.6 Å². The Bertz CT molecular complexity index is 161. The predicted molar refractivity (Wildman–Crippen MR) is 39.4 cm³/mol. The van der Waals surface area contributed by atoms with E-state index < -0.39 is 24.1 Å². The fourth-order valence-electron chi connectivity index (χ4n) is 0.366. The minimum atomic E-state index is -2.31. The maximum Gasteiger partial charge on any atom is 0.373 e. The zero-order chi connectivity index (χ0) is 9.72. The highest BCUT2D eigenvalue weighted by atomic mass is 27.0. The van der Waals surface area contributed by atoms with E-state index in [1.807, 2.05) is 0 Å². The molecular weight excluding hydrogens is 203 g/mol. The number of carbonyl (C=O) groups is 2. The van der Waals surface area contributed by atoms with Gasteiger partial charge in [0.2, 0.25) is 0 Å². The highest BCUT2D eigenvalue weighted by Gasteiger charge is 2.33. The van der Waals surface area contributed by atoms with Crippen LogP contribution in [0.15, 0.2) is 0 Å². The summed E-state index contributed by atoms with van der Waals surface area (Å²) in [7, 11) is 0. The van der Waals surface area contributed by atoms with Crippen molar-refractivity contribution in [3.8, 4) is 0 Å². The van der Waals surface area contributed by atoms with Crippen LogP contribution in [-0.2, 0) is 19.4 Å². The molecular formula is C4H9AlO8. The van der Waals surface area contributed by atoms with E-state index in [1.165, 1.54) is 0 Å². The van der Waals surface area contributed by atoms with Gasteiger partial charge in [-0.05, 0) is 0 Å². The monoisotopic (exact) mass is 212 g/mol. The maximum absolute atomic E-state index is 10.2. The third-order valence-electron chi connectivity index (χ3n) is 0.962. The van der Waals surface area contributed by atoms with Crippen LogP contribution in [0.4, 0.5) is 0 Å². The molecule has 0 aliphatic heterocycles. The topological polar surface area (TPSA) is 134 Å². The van der Waals surface area contributed by atoms with Gasteiger partial charge in [-0.25, -0.2) is 9.59 Å². The van der Waals surface area contributed by atoms with Crippen LogP contribution in [0.25, 0.3) is 0 Å². The van der Waals surface area contributed by atoms with Gasteiger partial charge >= 0.3 is 11.9 Å². The van der Waals surface area contributed by atoms with Gasteiger partial charge < -0.3 is 10.2 Å². The molecule has 76 valence electrons. The molecule has 2 unspecified atom stereocenters. The quantitative estimate of drug-likeness (QED) is 0.215. The van der Waals surface area contributed by atoms with Crippen LogP contribution >= 0.6 is 0 Å². The summed E-state index contributed by atoms with van der Waals surface area (Å²) in [6.07, 6.45) is -4.62. The lowest BCUT2D eigenvalue weighted by Crippen LogP contribution is -2.41. The molecule has 9 heteroatoms. The molecule has 0 rings (SSSR count). The molecule has 4 N–H and O–H groups in total. The summed E-state index contributed by atoms with van der Waals surface area (Å²) in [6.45, 7) is 0. The lowest BCUT2D eigenvalue weighted by Gasteiger charge is -2.10. The summed E-state index contributed by atoms with van der Waals surface area (Å²) in [5.74, 6) is -3.29. The van der Waals surface area contributed by atoms with Crippen LogP contribution in [0.5, 0.6) is 0 Å². The van der Waals surface area contributed by atoms with Crippen molar-refractivity contribution in [2.24, 2.45) is 0 Å². The molecule has 0 heterocycles. The Morgan fingerprint density at radius 2 is 1.15 bits per heavy atom. The average Bonchev–Trinajstić information content (AvgIpc) is 2.12. The van der Waals surface area contributed by atoms with Crippen molar-refractivity contribution < 1.29 is 40.1 Å². The summed E-state index contributed by atoms with van der Waals surface area (Å²) < 4.78 is 0. The number of hydrogen-bond donors (Lipinski definition) is 4. The molecule has 0 spiro atoms. The Kier molecular flexibility index (Phi) is 7.74. The predicted octanol–water partition coefficient (Wildman–Crippen LogP) is -3.44. The van der Waals surface area contributed by atoms with Gasteiger partial charge in [-0.15, -0.1) is 0 Å². The van der Waals surface area contributed by atoms with Gasteiger partial charge in [-0.3, -0.25) is 9.78 Å². The fraction of sp³-hybridized carbons (Fsp3) is 0.500. The van der Waals surface area contributed by atoms with E-state index in [0.717, 1.165) is 0 Å². The first-order valence-electron chi connectivity index (χ1n) is 2.61. The molecule has 0 bridgehead atoms. The Labute approximate surface area is 82.3 Å². The Morgan fingerprint density at radius 1 is 0.923 bits per heavy atom. The number of aliphatic hydroxyl groups excluding tert-OH is 2. The van der Waals surface area contributed by atoms with Gasteiger partial charge in [-0.2, -0.15) is 10.5 Å². The zero-order valence-corrected chi connectivity index (χ0v) is 5.58. The summed E-state index contributed by atoms with van der Waals surface area (Å²) in [4.78, 5) is 26.4. The minimum absolute atomic E-state index is 0. The highest BCUT2D eigenvalue weighted by molar-refractivity contribution is 5.84. The van der Waals surface area contributed by atoms with Gasteiger partial charge in [-0.1, -0.05) is 0 Å². The first-order chi connectivity index (χ1) is 5.54. The van der Waals surface area contributed by atoms with E-state index in [1.54, 1.807) is 0 Å². The Balaban J connectivity index is 0. The molecule has 13 heavy (non-hydrogen) atoms. The van der Waals surface area contributed by atoms with Crippen LogP contribution in [0.2, 0.25) is 0 Å². The van der Waals surface area contributed by atoms with E-state index in [-0.39, 0.29) is 17.4 Å². The molecule has 8 nitrogen and oxygen atoms in total. The second-order valence-electron chi connectivity index (χ2n) is 1.71. The standard InChI is InChI=1S/C4H6O8.Al.3H/c5-1(3(7)11-9)2(6)4(8)12-10;;;;/h1-2,5-6,9-10H;;;;. The normalized spacial score (nSPS) is 13.5. The van der Waals surface area contributed by atoms with Gasteiger partial charge in [0.05, 0.1) is 0 Å². The van der Waals surface area contributed by atoms with Crippen molar-refractivity contribution in [1.82, 2.24) is 0 Å². The van der Waals surface area contributed by atoms with Crippen molar-refractivity contribution >= 4 is 29.3 Å². The molecule has 0 fully saturated rings. The lowest BCUT2D eigenvalue weighted by atomic mass is 10.2. The third kappa shape index (κ3) is 4.18. The van der Waals surface area contributed by atoms with E-state index in [9.17, 15) is 9.59 Å². The number of carbonyl (C=O) groups excluding carboxylic acids is 2. The van der Waals surface area contributed by atoms with Crippen LogP contribution < -0.4 is 0 Å². The van der Waals surface area contributed by atoms with Crippen molar-refractivity contribution in [2.75, 3.05) is 0 Å². The summed E-state index contributed by atoms with van der Waals surface area (Å²) >= 11 is 0. The van der Waals surface area contributed by atoms with Crippen LogP contribution in [0, 0.1) is 0 Å². The van der Waals surface area contributed by atoms with Crippen molar-refractivity contribution in [3.63, 3.8) is 0 Å². The van der Waals surface area contributed by atoms with E-state index in [2.05, 4.69) is 9.78 Å². The van der Waals surface area contributed by atoms with Gasteiger partial charge in [0, 0.05) is 0 Å². The first kappa shape index (κ1) is 14.8. The summed E-state index contributed by atoms with van der Waals surface area (Å²) in [5, 5.41) is 32.5. The van der Waals surface area contributed by atoms with Gasteiger partial charge in [0.25, 0.3) is 0 Å². The molecule has 0 aliphatic rings. The third-order valence-corrected chi connectivity index (χ3v) is 0.962. The summed E-state index contributed by atoms with van der Waals surface area (Å²) in [6, 6.07) is 0. The lowest BCUT2D eigenvalue weighted by molar-refractivity contribution is -0.258. The number of rotatable bonds is 3. The molecule has 0 saturated carbocycles. The smallest absolute Gasteiger partial charge is 0.373 e. The molecule has 0 radical (unpaired) electrons. The molecule has 0 saturated heterocycles. The van der Waals surface area contributed by atoms with E-state index in [0.29, 0.717) is 0 Å². The number of hydrogen-bond acceptors (Lipinski definition) is 8. The van der Waals surface area contributed by atoms with Crippen LogP contribution in [-0.4, -0.2) is 62.2 Å². The van der Waals surface area contributed by atoms with Crippen molar-refractivity contribution in [3.05, 3.63) is 0 Å². The molecule has 0 aromatic carbocycles. The number of aliphatic hydroxyl groups is 2. The highest BCUT2D eigenvalue weighted by Crippen LogP contribution is 1.97.